The van der Waals surface area contributed by atoms with Crippen LogP contribution in [0.4, 0.5) is 5.69 Å². The number of anilines is 1. The van der Waals surface area contributed by atoms with Crippen molar-refractivity contribution < 1.29 is 13.2 Å². The van der Waals surface area contributed by atoms with Crippen LogP contribution in [-0.4, -0.2) is 27.1 Å². The van der Waals surface area contributed by atoms with Gasteiger partial charge in [-0.25, -0.2) is 8.42 Å². The summed E-state index contributed by atoms with van der Waals surface area (Å²) in [7, 11) is -3.57. The molecule has 0 aliphatic heterocycles. The molecular weight excluding hydrogens is 487 g/mol. The van der Waals surface area contributed by atoms with E-state index in [1.54, 1.807) is 12.1 Å². The molecule has 2 aromatic rings. The fourth-order valence-electron chi connectivity index (χ4n) is 3.53. The first-order valence-corrected chi connectivity index (χ1v) is 12.3. The van der Waals surface area contributed by atoms with Gasteiger partial charge in [0.05, 0.1) is 18.0 Å². The number of rotatable bonds is 6. The molecule has 0 unspecified atom stereocenters. The third-order valence-electron chi connectivity index (χ3n) is 5.05. The van der Waals surface area contributed by atoms with Crippen molar-refractivity contribution in [1.82, 2.24) is 5.32 Å². The van der Waals surface area contributed by atoms with Crippen LogP contribution in [0.3, 0.4) is 0 Å². The minimum absolute atomic E-state index is 0.183. The van der Waals surface area contributed by atoms with Gasteiger partial charge in [0.15, 0.2) is 0 Å². The second-order valence-electron chi connectivity index (χ2n) is 7.27. The number of hydrogen-bond donors (Lipinski definition) is 1. The molecule has 0 heterocycles. The number of carbonyl (C=O) groups excluding carboxylic acids is 1. The zero-order valence-electron chi connectivity index (χ0n) is 16.1. The van der Waals surface area contributed by atoms with Gasteiger partial charge in [0, 0.05) is 3.57 Å². The molecular formula is C21H25IN2O3S. The van der Waals surface area contributed by atoms with Crippen molar-refractivity contribution in [3.63, 3.8) is 0 Å². The number of hydrogen-bond acceptors (Lipinski definition) is 3. The number of aryl methyl sites for hydroxylation is 2. The van der Waals surface area contributed by atoms with Crippen molar-refractivity contribution >= 4 is 44.2 Å². The van der Waals surface area contributed by atoms with E-state index in [1.807, 2.05) is 19.1 Å². The van der Waals surface area contributed by atoms with Gasteiger partial charge >= 0.3 is 0 Å². The maximum atomic E-state index is 12.6. The van der Waals surface area contributed by atoms with Crippen LogP contribution in [0.1, 0.15) is 42.5 Å². The van der Waals surface area contributed by atoms with Gasteiger partial charge in [-0.05, 0) is 96.2 Å². The number of amides is 1. The lowest BCUT2D eigenvalue weighted by Gasteiger charge is -2.24. The lowest BCUT2D eigenvalue weighted by Crippen LogP contribution is -2.41. The van der Waals surface area contributed by atoms with Crippen LogP contribution in [0.25, 0.3) is 0 Å². The van der Waals surface area contributed by atoms with Gasteiger partial charge < -0.3 is 5.32 Å². The Morgan fingerprint density at radius 2 is 1.75 bits per heavy atom. The Bertz CT molecular complexity index is 958. The summed E-state index contributed by atoms with van der Waals surface area (Å²) in [5.74, 6) is -0.325. The Labute approximate surface area is 180 Å². The van der Waals surface area contributed by atoms with Crippen LogP contribution in [-0.2, 0) is 27.7 Å². The molecule has 1 atom stereocenters. The summed E-state index contributed by atoms with van der Waals surface area (Å²) in [5.41, 5.74) is 4.30. The molecule has 5 nitrogen and oxygen atoms in total. The molecule has 1 amide bonds. The van der Waals surface area contributed by atoms with Gasteiger partial charge in [-0.15, -0.1) is 0 Å². The van der Waals surface area contributed by atoms with Crippen molar-refractivity contribution in [2.45, 2.75) is 38.6 Å². The smallest absolute Gasteiger partial charge is 0.241 e. The number of halogens is 1. The summed E-state index contributed by atoms with van der Waals surface area (Å²) < 4.78 is 26.6. The summed E-state index contributed by atoms with van der Waals surface area (Å²) >= 11 is 2.16. The van der Waals surface area contributed by atoms with Crippen LogP contribution in [0.15, 0.2) is 42.5 Å². The number of fused-ring (bicyclic) bond motifs is 1. The first-order valence-electron chi connectivity index (χ1n) is 9.38. The van der Waals surface area contributed by atoms with E-state index in [9.17, 15) is 13.2 Å². The van der Waals surface area contributed by atoms with Gasteiger partial charge in [0.2, 0.25) is 15.9 Å². The average molecular weight is 512 g/mol. The maximum absolute atomic E-state index is 12.6. The lowest BCUT2D eigenvalue weighted by molar-refractivity contribution is -0.120. The quantitative estimate of drug-likeness (QED) is 0.599. The highest BCUT2D eigenvalue weighted by molar-refractivity contribution is 14.1. The number of nitrogens with zero attached hydrogens (tertiary/aromatic N) is 1. The van der Waals surface area contributed by atoms with E-state index < -0.39 is 10.0 Å². The van der Waals surface area contributed by atoms with Crippen molar-refractivity contribution in [3.05, 3.63) is 62.7 Å². The predicted octanol–water partition coefficient (Wildman–Crippen LogP) is 3.81. The maximum Gasteiger partial charge on any atom is 0.241 e. The summed E-state index contributed by atoms with van der Waals surface area (Å²) in [6.45, 7) is 1.69. The van der Waals surface area contributed by atoms with Gasteiger partial charge in [0.1, 0.15) is 6.54 Å². The second-order valence-corrected chi connectivity index (χ2v) is 10.4. The highest BCUT2D eigenvalue weighted by Crippen LogP contribution is 2.25. The van der Waals surface area contributed by atoms with E-state index in [-0.39, 0.29) is 18.5 Å². The zero-order chi connectivity index (χ0) is 20.3. The Morgan fingerprint density at radius 3 is 2.39 bits per heavy atom. The molecule has 28 heavy (non-hydrogen) atoms. The molecule has 0 radical (unpaired) electrons. The van der Waals surface area contributed by atoms with E-state index in [1.165, 1.54) is 24.0 Å². The molecule has 0 spiro atoms. The average Bonchev–Trinajstić information content (AvgIpc) is 2.65. The lowest BCUT2D eigenvalue weighted by atomic mass is 9.89. The van der Waals surface area contributed by atoms with E-state index >= 15 is 0 Å². The molecule has 0 saturated carbocycles. The first kappa shape index (κ1) is 21.1. The van der Waals surface area contributed by atoms with Crippen LogP contribution in [0, 0.1) is 3.57 Å². The molecule has 1 aliphatic rings. The highest BCUT2D eigenvalue weighted by Gasteiger charge is 2.22. The van der Waals surface area contributed by atoms with Crippen molar-refractivity contribution in [2.75, 3.05) is 17.1 Å². The molecule has 150 valence electrons. The minimum atomic E-state index is -3.57. The first-order chi connectivity index (χ1) is 13.2. The van der Waals surface area contributed by atoms with E-state index in [4.69, 9.17) is 0 Å². The molecule has 3 rings (SSSR count). The number of benzene rings is 2. The number of carbonyl (C=O) groups is 1. The summed E-state index contributed by atoms with van der Waals surface area (Å²) in [5, 5.41) is 2.94. The molecule has 0 bridgehead atoms. The molecule has 0 aromatic heterocycles. The minimum Gasteiger partial charge on any atom is -0.348 e. The van der Waals surface area contributed by atoms with Crippen LogP contribution >= 0.6 is 22.6 Å². The summed E-state index contributed by atoms with van der Waals surface area (Å²) in [4.78, 5) is 12.6. The van der Waals surface area contributed by atoms with E-state index in [0.29, 0.717) is 5.69 Å². The van der Waals surface area contributed by atoms with Crippen LogP contribution < -0.4 is 9.62 Å². The van der Waals surface area contributed by atoms with Crippen molar-refractivity contribution in [3.8, 4) is 0 Å². The normalized spacial score (nSPS) is 14.8. The third-order valence-corrected chi connectivity index (χ3v) is 6.91. The Kier molecular flexibility index (Phi) is 6.65. The van der Waals surface area contributed by atoms with E-state index in [2.05, 4.69) is 46.1 Å². The number of nitrogens with one attached hydrogen (secondary N) is 1. The Morgan fingerprint density at radius 1 is 1.11 bits per heavy atom. The second kappa shape index (κ2) is 8.82. The standard InChI is InChI=1S/C21H25IN2O3S/c1-15(17-8-7-16-5-3-4-6-18(16)13-17)23-21(25)14-24(28(2,26)27)20-11-9-19(22)10-12-20/h7-13,15H,3-6,14H2,1-2H3,(H,23,25)/t15-/m0/s1. The third kappa shape index (κ3) is 5.26. The van der Waals surface area contributed by atoms with Crippen molar-refractivity contribution in [1.29, 1.82) is 0 Å². The van der Waals surface area contributed by atoms with Gasteiger partial charge in [-0.3, -0.25) is 9.10 Å². The fraction of sp³-hybridized carbons (Fsp3) is 0.381. The fourth-order valence-corrected chi connectivity index (χ4v) is 4.75. The topological polar surface area (TPSA) is 66.5 Å². The van der Waals surface area contributed by atoms with Crippen molar-refractivity contribution in [2.24, 2.45) is 0 Å². The largest absolute Gasteiger partial charge is 0.348 e. The molecule has 1 aliphatic carbocycles. The molecule has 7 heteroatoms. The molecule has 2 aromatic carbocycles. The van der Waals surface area contributed by atoms with Crippen LogP contribution in [0.5, 0.6) is 0 Å². The SMILES string of the molecule is C[C@H](NC(=O)CN(c1ccc(I)cc1)S(C)(=O)=O)c1ccc2c(c1)CCCC2. The molecule has 1 N–H and O–H groups in total. The molecule has 0 saturated heterocycles. The monoisotopic (exact) mass is 512 g/mol. The Balaban J connectivity index is 1.71. The van der Waals surface area contributed by atoms with Gasteiger partial charge in [0.25, 0.3) is 0 Å². The Hall–Kier alpha value is -1.61. The zero-order valence-corrected chi connectivity index (χ0v) is 19.1. The number of sulfonamides is 1. The van der Waals surface area contributed by atoms with Gasteiger partial charge in [-0.1, -0.05) is 18.2 Å². The summed E-state index contributed by atoms with van der Waals surface area (Å²) in [6, 6.07) is 13.3. The summed E-state index contributed by atoms with van der Waals surface area (Å²) in [6.07, 6.45) is 5.76. The predicted molar refractivity (Wildman–Crippen MR) is 121 cm³/mol. The highest BCUT2D eigenvalue weighted by atomic mass is 127. The van der Waals surface area contributed by atoms with Crippen LogP contribution in [0.2, 0.25) is 0 Å². The molecule has 0 fully saturated rings. The van der Waals surface area contributed by atoms with E-state index in [0.717, 1.165) is 32.5 Å². The van der Waals surface area contributed by atoms with Gasteiger partial charge in [-0.2, -0.15) is 0 Å².